The molecule has 54 valence electrons. The first-order chi connectivity index (χ1) is 4.86. The van der Waals surface area contributed by atoms with Crippen LogP contribution in [0.4, 0.5) is 0 Å². The van der Waals surface area contributed by atoms with E-state index in [2.05, 4.69) is 30.3 Å². The van der Waals surface area contributed by atoms with E-state index in [0.29, 0.717) is 0 Å². The van der Waals surface area contributed by atoms with Gasteiger partial charge in [0.25, 0.3) is 0 Å². The first-order valence-electron chi connectivity index (χ1n) is 3.94. The van der Waals surface area contributed by atoms with Gasteiger partial charge in [-0.15, -0.1) is 0 Å². The van der Waals surface area contributed by atoms with Crippen LogP contribution in [0.2, 0.25) is 0 Å². The van der Waals surface area contributed by atoms with Crippen LogP contribution in [0.25, 0.3) is 0 Å². The Bertz CT molecular complexity index is 187. The number of hydrogen-bond acceptors (Lipinski definition) is 1. The van der Waals surface area contributed by atoms with Crippen molar-refractivity contribution in [3.8, 4) is 0 Å². The van der Waals surface area contributed by atoms with Crippen molar-refractivity contribution in [2.24, 2.45) is 5.92 Å². The van der Waals surface area contributed by atoms with Crippen LogP contribution < -0.4 is 0 Å². The molecule has 1 heteroatoms. The molecule has 2 aliphatic rings. The Morgan fingerprint density at radius 2 is 2.30 bits per heavy atom. The van der Waals surface area contributed by atoms with E-state index in [1.54, 1.807) is 5.57 Å². The monoisotopic (exact) mass is 135 g/mol. The predicted molar refractivity (Wildman–Crippen MR) is 42.6 cm³/mol. The smallest absolute Gasteiger partial charge is 0.0386 e. The van der Waals surface area contributed by atoms with Gasteiger partial charge >= 0.3 is 0 Å². The standard InChI is InChI=1S/C9H13N/c1-10-6-2-3-9(7-10)8-4-5-8/h2-3,6,8H,4-5,7H2,1H3. The molecule has 0 bridgehead atoms. The zero-order valence-electron chi connectivity index (χ0n) is 6.38. The van der Waals surface area contributed by atoms with E-state index >= 15 is 0 Å². The van der Waals surface area contributed by atoms with E-state index in [0.717, 1.165) is 12.5 Å². The van der Waals surface area contributed by atoms with Gasteiger partial charge in [-0.05, 0) is 36.6 Å². The molecule has 0 aromatic rings. The Morgan fingerprint density at radius 1 is 1.50 bits per heavy atom. The summed E-state index contributed by atoms with van der Waals surface area (Å²) in [5.74, 6) is 0.937. The van der Waals surface area contributed by atoms with Crippen LogP contribution in [-0.2, 0) is 0 Å². The Hall–Kier alpha value is -0.720. The molecule has 0 radical (unpaired) electrons. The molecule has 1 nitrogen and oxygen atoms in total. The van der Waals surface area contributed by atoms with Crippen molar-refractivity contribution < 1.29 is 0 Å². The molecule has 0 atom stereocenters. The summed E-state index contributed by atoms with van der Waals surface area (Å²) < 4.78 is 0. The molecule has 0 N–H and O–H groups in total. The molecule has 0 amide bonds. The molecule has 1 aliphatic heterocycles. The second-order valence-electron chi connectivity index (χ2n) is 3.27. The molecule has 0 aromatic carbocycles. The number of rotatable bonds is 1. The molecular weight excluding hydrogens is 122 g/mol. The van der Waals surface area contributed by atoms with Gasteiger partial charge < -0.3 is 4.90 Å². The van der Waals surface area contributed by atoms with Crippen molar-refractivity contribution in [1.82, 2.24) is 4.90 Å². The maximum atomic E-state index is 2.28. The molecule has 10 heavy (non-hydrogen) atoms. The van der Waals surface area contributed by atoms with Gasteiger partial charge in [0.15, 0.2) is 0 Å². The lowest BCUT2D eigenvalue weighted by atomic mass is 10.1. The zero-order valence-corrected chi connectivity index (χ0v) is 6.38. The molecule has 0 saturated heterocycles. The second-order valence-corrected chi connectivity index (χ2v) is 3.27. The molecular formula is C9H13N. The predicted octanol–water partition coefficient (Wildman–Crippen LogP) is 1.78. The number of likely N-dealkylation sites (N-methyl/N-ethyl adjacent to an activating group) is 1. The SMILES string of the molecule is CN1C=CC=C(C2CC2)C1. The zero-order chi connectivity index (χ0) is 6.97. The van der Waals surface area contributed by atoms with Gasteiger partial charge in [-0.1, -0.05) is 6.08 Å². The summed E-state index contributed by atoms with van der Waals surface area (Å²) in [5.41, 5.74) is 1.63. The minimum absolute atomic E-state index is 0.937. The average molecular weight is 135 g/mol. The number of hydrogen-bond donors (Lipinski definition) is 0. The third-order valence-corrected chi connectivity index (χ3v) is 2.18. The normalized spacial score (nSPS) is 24.9. The van der Waals surface area contributed by atoms with Gasteiger partial charge in [-0.3, -0.25) is 0 Å². The topological polar surface area (TPSA) is 3.24 Å². The minimum Gasteiger partial charge on any atom is -0.376 e. The van der Waals surface area contributed by atoms with Crippen LogP contribution in [0, 0.1) is 5.92 Å². The maximum absolute atomic E-state index is 2.28. The van der Waals surface area contributed by atoms with Crippen LogP contribution in [0.3, 0.4) is 0 Å². The van der Waals surface area contributed by atoms with Crippen molar-refractivity contribution in [2.45, 2.75) is 12.8 Å². The fourth-order valence-corrected chi connectivity index (χ4v) is 1.43. The highest BCUT2D eigenvalue weighted by molar-refractivity contribution is 5.23. The highest BCUT2D eigenvalue weighted by Crippen LogP contribution is 2.37. The van der Waals surface area contributed by atoms with Crippen molar-refractivity contribution in [3.63, 3.8) is 0 Å². The lowest BCUT2D eigenvalue weighted by Crippen LogP contribution is -2.17. The van der Waals surface area contributed by atoms with E-state index in [1.165, 1.54) is 12.8 Å². The first kappa shape index (κ1) is 6.02. The van der Waals surface area contributed by atoms with Gasteiger partial charge in [-0.2, -0.15) is 0 Å². The highest BCUT2D eigenvalue weighted by atomic mass is 15.1. The van der Waals surface area contributed by atoms with Crippen LogP contribution >= 0.6 is 0 Å². The largest absolute Gasteiger partial charge is 0.376 e. The van der Waals surface area contributed by atoms with Gasteiger partial charge in [0.2, 0.25) is 0 Å². The van der Waals surface area contributed by atoms with Crippen molar-refractivity contribution in [1.29, 1.82) is 0 Å². The lowest BCUT2D eigenvalue weighted by Gasteiger charge is -2.19. The Balaban J connectivity index is 2.06. The average Bonchev–Trinajstić information content (AvgIpc) is 2.68. The maximum Gasteiger partial charge on any atom is 0.0386 e. The molecule has 0 unspecified atom stereocenters. The fourth-order valence-electron chi connectivity index (χ4n) is 1.43. The fraction of sp³-hybridized carbons (Fsp3) is 0.556. The third kappa shape index (κ3) is 1.08. The van der Waals surface area contributed by atoms with E-state index in [1.807, 2.05) is 0 Å². The minimum atomic E-state index is 0.937. The molecule has 1 heterocycles. The van der Waals surface area contributed by atoms with Gasteiger partial charge in [0, 0.05) is 13.6 Å². The summed E-state index contributed by atoms with van der Waals surface area (Å²) in [6, 6.07) is 0. The summed E-state index contributed by atoms with van der Waals surface area (Å²) in [6.07, 6.45) is 9.40. The summed E-state index contributed by atoms with van der Waals surface area (Å²) in [6.45, 7) is 1.15. The van der Waals surface area contributed by atoms with E-state index in [-0.39, 0.29) is 0 Å². The Kier molecular flexibility index (Phi) is 1.30. The van der Waals surface area contributed by atoms with Crippen LogP contribution in [0.15, 0.2) is 23.9 Å². The quantitative estimate of drug-likeness (QED) is 0.529. The summed E-state index contributed by atoms with van der Waals surface area (Å²) in [5, 5.41) is 0. The van der Waals surface area contributed by atoms with E-state index < -0.39 is 0 Å². The lowest BCUT2D eigenvalue weighted by molar-refractivity contribution is 0.480. The van der Waals surface area contributed by atoms with Crippen molar-refractivity contribution >= 4 is 0 Å². The highest BCUT2D eigenvalue weighted by Gasteiger charge is 2.26. The molecule has 0 spiro atoms. The Morgan fingerprint density at radius 3 is 2.90 bits per heavy atom. The van der Waals surface area contributed by atoms with Crippen molar-refractivity contribution in [2.75, 3.05) is 13.6 Å². The van der Waals surface area contributed by atoms with E-state index in [4.69, 9.17) is 0 Å². The van der Waals surface area contributed by atoms with Gasteiger partial charge in [0.05, 0.1) is 0 Å². The summed E-state index contributed by atoms with van der Waals surface area (Å²) >= 11 is 0. The van der Waals surface area contributed by atoms with Crippen LogP contribution in [0.1, 0.15) is 12.8 Å². The number of allylic oxidation sites excluding steroid dienone is 2. The molecule has 0 aromatic heterocycles. The molecule has 1 fully saturated rings. The molecule has 1 saturated carbocycles. The van der Waals surface area contributed by atoms with E-state index in [9.17, 15) is 0 Å². The van der Waals surface area contributed by atoms with Crippen LogP contribution in [0.5, 0.6) is 0 Å². The second kappa shape index (κ2) is 2.15. The van der Waals surface area contributed by atoms with Crippen LogP contribution in [-0.4, -0.2) is 18.5 Å². The summed E-state index contributed by atoms with van der Waals surface area (Å²) in [7, 11) is 2.13. The molecule has 1 aliphatic carbocycles. The summed E-state index contributed by atoms with van der Waals surface area (Å²) in [4.78, 5) is 2.24. The van der Waals surface area contributed by atoms with Gasteiger partial charge in [-0.25, -0.2) is 0 Å². The van der Waals surface area contributed by atoms with Gasteiger partial charge in [0.1, 0.15) is 0 Å². The molecule has 2 rings (SSSR count). The number of nitrogens with zero attached hydrogens (tertiary/aromatic N) is 1. The third-order valence-electron chi connectivity index (χ3n) is 2.18. The Labute approximate surface area is 62.0 Å². The first-order valence-corrected chi connectivity index (χ1v) is 3.94. The van der Waals surface area contributed by atoms with Crippen molar-refractivity contribution in [3.05, 3.63) is 23.9 Å².